The molecule has 1 N–H and O–H groups in total. The van der Waals surface area contributed by atoms with Crippen molar-refractivity contribution in [3.8, 4) is 0 Å². The topological polar surface area (TPSA) is 73.0 Å². The standard InChI is InChI=1S/C10H18N4O2/c1-5-8(7(2)11-3)9-10(14(15)16)12-6-13(9)4/h6-8,11H,5H2,1-4H3. The molecule has 0 amide bonds. The fraction of sp³-hybridized carbons (Fsp3) is 0.700. The van der Waals surface area contributed by atoms with Crippen molar-refractivity contribution < 1.29 is 4.92 Å². The van der Waals surface area contributed by atoms with Crippen molar-refractivity contribution in [1.82, 2.24) is 14.9 Å². The molecule has 0 fully saturated rings. The first-order valence-electron chi connectivity index (χ1n) is 5.35. The van der Waals surface area contributed by atoms with Crippen LogP contribution in [-0.4, -0.2) is 27.6 Å². The molecule has 1 rings (SSSR count). The van der Waals surface area contributed by atoms with Crippen LogP contribution in [0.2, 0.25) is 0 Å². The summed E-state index contributed by atoms with van der Waals surface area (Å²) in [5.41, 5.74) is 0.689. The number of imidazole rings is 1. The van der Waals surface area contributed by atoms with Crippen molar-refractivity contribution >= 4 is 5.82 Å². The Kier molecular flexibility index (Phi) is 4.00. The van der Waals surface area contributed by atoms with Gasteiger partial charge in [0.2, 0.25) is 6.33 Å². The third-order valence-corrected chi connectivity index (χ3v) is 2.99. The molecule has 0 aromatic carbocycles. The molecular weight excluding hydrogens is 208 g/mol. The summed E-state index contributed by atoms with van der Waals surface area (Å²) < 4.78 is 1.74. The van der Waals surface area contributed by atoms with Crippen LogP contribution in [0.3, 0.4) is 0 Å². The second-order valence-corrected chi connectivity index (χ2v) is 3.91. The van der Waals surface area contributed by atoms with Crippen molar-refractivity contribution in [3.63, 3.8) is 0 Å². The lowest BCUT2D eigenvalue weighted by Gasteiger charge is -2.21. The second kappa shape index (κ2) is 5.07. The zero-order valence-corrected chi connectivity index (χ0v) is 10.1. The molecule has 2 atom stereocenters. The third-order valence-electron chi connectivity index (χ3n) is 2.99. The van der Waals surface area contributed by atoms with E-state index >= 15 is 0 Å². The van der Waals surface area contributed by atoms with E-state index in [-0.39, 0.29) is 17.8 Å². The number of rotatable bonds is 5. The Bertz CT molecular complexity index is 375. The van der Waals surface area contributed by atoms with Crippen molar-refractivity contribution in [2.24, 2.45) is 7.05 Å². The lowest BCUT2D eigenvalue weighted by molar-refractivity contribution is -0.390. The van der Waals surface area contributed by atoms with Crippen LogP contribution in [0.25, 0.3) is 0 Å². The number of likely N-dealkylation sites (N-methyl/N-ethyl adjacent to an activating group) is 1. The number of aromatic nitrogens is 2. The summed E-state index contributed by atoms with van der Waals surface area (Å²) in [6.07, 6.45) is 2.33. The van der Waals surface area contributed by atoms with E-state index in [2.05, 4.69) is 10.3 Å². The lowest BCUT2D eigenvalue weighted by Crippen LogP contribution is -2.30. The predicted molar refractivity (Wildman–Crippen MR) is 61.4 cm³/mol. The van der Waals surface area contributed by atoms with Gasteiger partial charge in [0, 0.05) is 19.0 Å². The molecule has 0 saturated heterocycles. The number of nitro groups is 1. The van der Waals surface area contributed by atoms with Gasteiger partial charge in [0.05, 0.1) is 0 Å². The zero-order chi connectivity index (χ0) is 12.3. The number of hydrogen-bond acceptors (Lipinski definition) is 4. The molecule has 0 aliphatic carbocycles. The first-order chi connectivity index (χ1) is 7.52. The first kappa shape index (κ1) is 12.6. The SMILES string of the molecule is CCC(c1c([N+](=O)[O-])ncn1C)C(C)NC. The van der Waals surface area contributed by atoms with Gasteiger partial charge in [0.1, 0.15) is 5.69 Å². The van der Waals surface area contributed by atoms with Gasteiger partial charge in [0.25, 0.3) is 0 Å². The van der Waals surface area contributed by atoms with E-state index in [1.807, 2.05) is 20.9 Å². The summed E-state index contributed by atoms with van der Waals surface area (Å²) in [6.45, 7) is 4.04. The van der Waals surface area contributed by atoms with E-state index in [1.165, 1.54) is 6.33 Å². The summed E-state index contributed by atoms with van der Waals surface area (Å²) in [7, 11) is 3.65. The number of nitrogens with zero attached hydrogens (tertiary/aromatic N) is 3. The highest BCUT2D eigenvalue weighted by Crippen LogP contribution is 2.29. The fourth-order valence-electron chi connectivity index (χ4n) is 1.98. The molecule has 16 heavy (non-hydrogen) atoms. The Balaban J connectivity index is 3.17. The number of aryl methyl sites for hydroxylation is 1. The quantitative estimate of drug-likeness (QED) is 0.609. The van der Waals surface area contributed by atoms with Gasteiger partial charge in [-0.3, -0.25) is 0 Å². The van der Waals surface area contributed by atoms with E-state index in [0.717, 1.165) is 6.42 Å². The molecule has 6 heteroatoms. The average molecular weight is 226 g/mol. The van der Waals surface area contributed by atoms with E-state index in [9.17, 15) is 10.1 Å². The van der Waals surface area contributed by atoms with E-state index < -0.39 is 4.92 Å². The molecule has 6 nitrogen and oxygen atoms in total. The predicted octanol–water partition coefficient (Wildman–Crippen LogP) is 1.43. The van der Waals surface area contributed by atoms with Crippen LogP contribution < -0.4 is 5.32 Å². The minimum Gasteiger partial charge on any atom is -0.358 e. The van der Waals surface area contributed by atoms with Crippen LogP contribution >= 0.6 is 0 Å². The number of nitrogens with one attached hydrogen (secondary N) is 1. The first-order valence-corrected chi connectivity index (χ1v) is 5.35. The Labute approximate surface area is 94.8 Å². The van der Waals surface area contributed by atoms with Gasteiger partial charge in [-0.2, -0.15) is 0 Å². The maximum Gasteiger partial charge on any atom is 0.385 e. The van der Waals surface area contributed by atoms with E-state index in [4.69, 9.17) is 0 Å². The van der Waals surface area contributed by atoms with Crippen LogP contribution in [0.15, 0.2) is 6.33 Å². The minimum absolute atomic E-state index is 0.0311. The van der Waals surface area contributed by atoms with Crippen LogP contribution in [-0.2, 0) is 7.05 Å². The lowest BCUT2D eigenvalue weighted by atomic mass is 9.94. The molecular formula is C10H18N4O2. The van der Waals surface area contributed by atoms with E-state index in [0.29, 0.717) is 5.69 Å². The molecule has 0 aliphatic rings. The third kappa shape index (κ3) is 2.21. The summed E-state index contributed by atoms with van der Waals surface area (Å²) in [5, 5.41) is 14.0. The van der Waals surface area contributed by atoms with Crippen molar-refractivity contribution in [2.75, 3.05) is 7.05 Å². The summed E-state index contributed by atoms with van der Waals surface area (Å²) in [4.78, 5) is 14.3. The smallest absolute Gasteiger partial charge is 0.358 e. The molecule has 90 valence electrons. The van der Waals surface area contributed by atoms with Crippen molar-refractivity contribution in [2.45, 2.75) is 32.2 Å². The summed E-state index contributed by atoms with van der Waals surface area (Å²) >= 11 is 0. The number of hydrogen-bond donors (Lipinski definition) is 1. The molecule has 0 saturated carbocycles. The van der Waals surface area contributed by atoms with Crippen molar-refractivity contribution in [1.29, 1.82) is 0 Å². The second-order valence-electron chi connectivity index (χ2n) is 3.91. The molecule has 0 bridgehead atoms. The van der Waals surface area contributed by atoms with E-state index in [1.54, 1.807) is 11.6 Å². The Hall–Kier alpha value is -1.43. The molecule has 0 aliphatic heterocycles. The molecule has 0 radical (unpaired) electrons. The van der Waals surface area contributed by atoms with Crippen LogP contribution in [0, 0.1) is 10.1 Å². The highest BCUT2D eigenvalue weighted by molar-refractivity contribution is 5.31. The maximum absolute atomic E-state index is 10.9. The normalized spacial score (nSPS) is 14.8. The highest BCUT2D eigenvalue weighted by atomic mass is 16.6. The summed E-state index contributed by atoms with van der Waals surface area (Å²) in [5.74, 6) is 0.0642. The minimum atomic E-state index is -0.416. The van der Waals surface area contributed by atoms with Gasteiger partial charge in [-0.15, -0.1) is 0 Å². The van der Waals surface area contributed by atoms with Gasteiger partial charge >= 0.3 is 5.82 Å². The van der Waals surface area contributed by atoms with Gasteiger partial charge in [0.15, 0.2) is 0 Å². The maximum atomic E-state index is 10.9. The Morgan fingerprint density at radius 3 is 2.75 bits per heavy atom. The average Bonchev–Trinajstić information content (AvgIpc) is 2.62. The molecule has 1 aromatic rings. The van der Waals surface area contributed by atoms with Crippen LogP contribution in [0.5, 0.6) is 0 Å². The fourth-order valence-corrected chi connectivity index (χ4v) is 1.98. The molecule has 1 aromatic heterocycles. The van der Waals surface area contributed by atoms with Crippen molar-refractivity contribution in [3.05, 3.63) is 22.1 Å². The Morgan fingerprint density at radius 1 is 1.69 bits per heavy atom. The molecule has 2 unspecified atom stereocenters. The van der Waals surface area contributed by atoms with Gasteiger partial charge in [-0.05, 0) is 30.3 Å². The Morgan fingerprint density at radius 2 is 2.31 bits per heavy atom. The van der Waals surface area contributed by atoms with Gasteiger partial charge in [-0.25, -0.2) is 0 Å². The van der Waals surface area contributed by atoms with Gasteiger partial charge < -0.3 is 20.0 Å². The monoisotopic (exact) mass is 226 g/mol. The highest BCUT2D eigenvalue weighted by Gasteiger charge is 2.29. The summed E-state index contributed by atoms with van der Waals surface area (Å²) in [6, 6.07) is 0.180. The molecule has 1 heterocycles. The molecule has 0 spiro atoms. The largest absolute Gasteiger partial charge is 0.385 e. The zero-order valence-electron chi connectivity index (χ0n) is 10.1. The van der Waals surface area contributed by atoms with Crippen LogP contribution in [0.1, 0.15) is 31.9 Å². The van der Waals surface area contributed by atoms with Gasteiger partial charge in [-0.1, -0.05) is 6.92 Å². The van der Waals surface area contributed by atoms with Crippen LogP contribution in [0.4, 0.5) is 5.82 Å².